The standard InChI is InChI=1S/C11H14FNO2/c1-7(2)11(14)13-8-4-5-10(15-3)9(12)6-8/h4-7H,1-3H3,(H,13,14). The third-order valence-electron chi connectivity index (χ3n) is 1.94. The van der Waals surface area contributed by atoms with E-state index < -0.39 is 5.82 Å². The van der Waals surface area contributed by atoms with E-state index in [0.717, 1.165) is 0 Å². The fourth-order valence-electron chi connectivity index (χ4n) is 1.03. The van der Waals surface area contributed by atoms with Crippen LogP contribution < -0.4 is 10.1 Å². The highest BCUT2D eigenvalue weighted by molar-refractivity contribution is 5.92. The number of carbonyl (C=O) groups is 1. The Morgan fingerprint density at radius 2 is 2.13 bits per heavy atom. The van der Waals surface area contributed by atoms with E-state index >= 15 is 0 Å². The molecule has 0 aliphatic rings. The molecule has 1 N–H and O–H groups in total. The number of carbonyl (C=O) groups excluding carboxylic acids is 1. The Hall–Kier alpha value is -1.58. The van der Waals surface area contributed by atoms with Gasteiger partial charge in [-0.2, -0.15) is 0 Å². The van der Waals surface area contributed by atoms with E-state index in [-0.39, 0.29) is 17.6 Å². The third kappa shape index (κ3) is 2.94. The fraction of sp³-hybridized carbons (Fsp3) is 0.364. The molecule has 1 aromatic carbocycles. The minimum absolute atomic E-state index is 0.129. The van der Waals surface area contributed by atoms with Gasteiger partial charge < -0.3 is 10.1 Å². The fourth-order valence-corrected chi connectivity index (χ4v) is 1.03. The first-order valence-electron chi connectivity index (χ1n) is 4.69. The Bertz CT molecular complexity index is 364. The molecule has 0 fully saturated rings. The second-order valence-electron chi connectivity index (χ2n) is 3.49. The van der Waals surface area contributed by atoms with Gasteiger partial charge in [0.15, 0.2) is 11.6 Å². The van der Waals surface area contributed by atoms with Crippen molar-refractivity contribution in [2.45, 2.75) is 13.8 Å². The number of halogens is 1. The monoisotopic (exact) mass is 211 g/mol. The van der Waals surface area contributed by atoms with Crippen molar-refractivity contribution < 1.29 is 13.9 Å². The first kappa shape index (κ1) is 11.5. The van der Waals surface area contributed by atoms with Crippen molar-refractivity contribution in [3.05, 3.63) is 24.0 Å². The van der Waals surface area contributed by atoms with Crippen LogP contribution in [0, 0.1) is 11.7 Å². The van der Waals surface area contributed by atoms with Crippen molar-refractivity contribution in [3.8, 4) is 5.75 Å². The summed E-state index contributed by atoms with van der Waals surface area (Å²) in [5.41, 5.74) is 0.437. The normalized spacial score (nSPS) is 10.2. The van der Waals surface area contributed by atoms with Crippen molar-refractivity contribution in [2.75, 3.05) is 12.4 Å². The summed E-state index contributed by atoms with van der Waals surface area (Å²) in [6.07, 6.45) is 0. The summed E-state index contributed by atoms with van der Waals surface area (Å²) in [4.78, 5) is 11.3. The van der Waals surface area contributed by atoms with Crippen LogP contribution in [0.1, 0.15) is 13.8 Å². The van der Waals surface area contributed by atoms with Crippen LogP contribution in [0.15, 0.2) is 18.2 Å². The summed E-state index contributed by atoms with van der Waals surface area (Å²) in [7, 11) is 1.39. The Kier molecular flexibility index (Phi) is 3.66. The van der Waals surface area contributed by atoms with Gasteiger partial charge in [0, 0.05) is 17.7 Å². The SMILES string of the molecule is COc1ccc(NC(=O)C(C)C)cc1F. The molecule has 0 spiro atoms. The summed E-state index contributed by atoms with van der Waals surface area (Å²) in [5.74, 6) is -0.591. The zero-order valence-corrected chi connectivity index (χ0v) is 9.00. The molecule has 1 amide bonds. The molecule has 0 heterocycles. The van der Waals surface area contributed by atoms with Gasteiger partial charge in [0.25, 0.3) is 0 Å². The molecule has 0 saturated carbocycles. The van der Waals surface area contributed by atoms with Gasteiger partial charge in [0.2, 0.25) is 5.91 Å². The van der Waals surface area contributed by atoms with E-state index in [1.165, 1.54) is 19.2 Å². The molecule has 0 aromatic heterocycles. The van der Waals surface area contributed by atoms with Crippen molar-refractivity contribution in [1.82, 2.24) is 0 Å². The Balaban J connectivity index is 2.80. The molecule has 0 atom stereocenters. The number of nitrogens with one attached hydrogen (secondary N) is 1. The largest absolute Gasteiger partial charge is 0.494 e. The van der Waals surface area contributed by atoms with Crippen LogP contribution in [0.25, 0.3) is 0 Å². The lowest BCUT2D eigenvalue weighted by molar-refractivity contribution is -0.118. The van der Waals surface area contributed by atoms with Crippen LogP contribution >= 0.6 is 0 Å². The van der Waals surface area contributed by atoms with Gasteiger partial charge in [-0.05, 0) is 12.1 Å². The van der Waals surface area contributed by atoms with Crippen LogP contribution in [-0.2, 0) is 4.79 Å². The predicted molar refractivity (Wildman–Crippen MR) is 56.4 cm³/mol. The molecule has 0 radical (unpaired) electrons. The van der Waals surface area contributed by atoms with Gasteiger partial charge in [0.1, 0.15) is 0 Å². The molecular formula is C11H14FNO2. The lowest BCUT2D eigenvalue weighted by atomic mass is 10.2. The maximum absolute atomic E-state index is 13.2. The van der Waals surface area contributed by atoms with Gasteiger partial charge in [0.05, 0.1) is 7.11 Å². The van der Waals surface area contributed by atoms with E-state index in [4.69, 9.17) is 4.74 Å². The minimum atomic E-state index is -0.487. The molecule has 15 heavy (non-hydrogen) atoms. The highest BCUT2D eigenvalue weighted by Gasteiger charge is 2.09. The van der Waals surface area contributed by atoms with Crippen LogP contribution in [0.4, 0.5) is 10.1 Å². The van der Waals surface area contributed by atoms with Gasteiger partial charge in [-0.15, -0.1) is 0 Å². The highest BCUT2D eigenvalue weighted by atomic mass is 19.1. The van der Waals surface area contributed by atoms with Crippen molar-refractivity contribution in [1.29, 1.82) is 0 Å². The van der Waals surface area contributed by atoms with Crippen LogP contribution in [-0.4, -0.2) is 13.0 Å². The highest BCUT2D eigenvalue weighted by Crippen LogP contribution is 2.20. The Labute approximate surface area is 88.2 Å². The minimum Gasteiger partial charge on any atom is -0.494 e. The van der Waals surface area contributed by atoms with E-state index in [0.29, 0.717) is 5.69 Å². The second kappa shape index (κ2) is 4.77. The zero-order valence-electron chi connectivity index (χ0n) is 9.00. The number of ether oxygens (including phenoxy) is 1. The zero-order chi connectivity index (χ0) is 11.4. The average molecular weight is 211 g/mol. The van der Waals surface area contributed by atoms with Crippen LogP contribution in [0.5, 0.6) is 5.75 Å². The molecule has 3 nitrogen and oxygen atoms in total. The molecule has 4 heteroatoms. The molecule has 0 bridgehead atoms. The molecule has 0 aliphatic heterocycles. The average Bonchev–Trinajstić information content (AvgIpc) is 2.18. The summed E-state index contributed by atoms with van der Waals surface area (Å²) >= 11 is 0. The van der Waals surface area contributed by atoms with Gasteiger partial charge in [-0.25, -0.2) is 4.39 Å². The van der Waals surface area contributed by atoms with Crippen molar-refractivity contribution >= 4 is 11.6 Å². The molecule has 0 unspecified atom stereocenters. The number of benzene rings is 1. The molecule has 82 valence electrons. The predicted octanol–water partition coefficient (Wildman–Crippen LogP) is 2.43. The first-order chi connectivity index (χ1) is 7.04. The number of rotatable bonds is 3. The quantitative estimate of drug-likeness (QED) is 0.833. The van der Waals surface area contributed by atoms with Crippen molar-refractivity contribution in [3.63, 3.8) is 0 Å². The van der Waals surface area contributed by atoms with Gasteiger partial charge in [-0.3, -0.25) is 4.79 Å². The molecular weight excluding hydrogens is 197 g/mol. The van der Waals surface area contributed by atoms with Gasteiger partial charge in [-0.1, -0.05) is 13.8 Å². The smallest absolute Gasteiger partial charge is 0.226 e. The summed E-state index contributed by atoms with van der Waals surface area (Å²) in [6, 6.07) is 4.31. The van der Waals surface area contributed by atoms with E-state index in [1.807, 2.05) is 0 Å². The van der Waals surface area contributed by atoms with E-state index in [9.17, 15) is 9.18 Å². The maximum atomic E-state index is 13.2. The molecule has 1 rings (SSSR count). The van der Waals surface area contributed by atoms with Crippen LogP contribution in [0.2, 0.25) is 0 Å². The molecule has 0 saturated heterocycles. The Morgan fingerprint density at radius 3 is 2.60 bits per heavy atom. The van der Waals surface area contributed by atoms with E-state index in [2.05, 4.69) is 5.32 Å². The number of hydrogen-bond donors (Lipinski definition) is 1. The third-order valence-corrected chi connectivity index (χ3v) is 1.94. The summed E-state index contributed by atoms with van der Waals surface area (Å²) < 4.78 is 18.0. The first-order valence-corrected chi connectivity index (χ1v) is 4.69. The molecule has 0 aliphatic carbocycles. The number of methoxy groups -OCH3 is 1. The van der Waals surface area contributed by atoms with Crippen molar-refractivity contribution in [2.24, 2.45) is 5.92 Å². The summed E-state index contributed by atoms with van der Waals surface area (Å²) in [6.45, 7) is 3.55. The summed E-state index contributed by atoms with van der Waals surface area (Å²) in [5, 5.41) is 2.60. The van der Waals surface area contributed by atoms with Crippen LogP contribution in [0.3, 0.4) is 0 Å². The maximum Gasteiger partial charge on any atom is 0.226 e. The molecule has 1 aromatic rings. The lowest BCUT2D eigenvalue weighted by Crippen LogP contribution is -2.17. The second-order valence-corrected chi connectivity index (χ2v) is 3.49. The van der Waals surface area contributed by atoms with E-state index in [1.54, 1.807) is 19.9 Å². The Morgan fingerprint density at radius 1 is 1.47 bits per heavy atom. The number of amides is 1. The van der Waals surface area contributed by atoms with Gasteiger partial charge >= 0.3 is 0 Å². The number of hydrogen-bond acceptors (Lipinski definition) is 2. The lowest BCUT2D eigenvalue weighted by Gasteiger charge is -2.08. The number of anilines is 1. The topological polar surface area (TPSA) is 38.3 Å².